The predicted octanol–water partition coefficient (Wildman–Crippen LogP) is 1.63. The number of ether oxygens (including phenoxy) is 1. The van der Waals surface area contributed by atoms with Crippen LogP contribution in [0.15, 0.2) is 24.9 Å². The van der Waals surface area contributed by atoms with Crippen molar-refractivity contribution in [1.29, 1.82) is 0 Å². The van der Waals surface area contributed by atoms with Gasteiger partial charge >= 0.3 is 5.97 Å². The second-order valence-corrected chi connectivity index (χ2v) is 4.26. The summed E-state index contributed by atoms with van der Waals surface area (Å²) in [4.78, 5) is 27.7. The fraction of sp³-hybridized carbons (Fsp3) is 0.231. The van der Waals surface area contributed by atoms with Crippen molar-refractivity contribution in [3.63, 3.8) is 0 Å². The van der Waals surface area contributed by atoms with Crippen LogP contribution < -0.4 is 0 Å². The zero-order valence-corrected chi connectivity index (χ0v) is 11.1. The number of carbonyl (C=O) groups is 1. The van der Waals surface area contributed by atoms with Gasteiger partial charge < -0.3 is 9.72 Å². The zero-order valence-electron chi connectivity index (χ0n) is 11.1. The molecule has 3 rings (SSSR count). The van der Waals surface area contributed by atoms with Gasteiger partial charge in [0.1, 0.15) is 6.33 Å². The molecule has 7 nitrogen and oxygen atoms in total. The Balaban J connectivity index is 2.24. The standard InChI is InChI=1S/C13H13N5O2/c1-3-20-12(19)11-10-9(8(2)6-15-10)16-13(17-11)18-5-4-14-7-18/h4-7,15H,3H2,1-2H3. The number of rotatable bonds is 3. The lowest BCUT2D eigenvalue weighted by atomic mass is 10.2. The molecule has 0 unspecified atom stereocenters. The van der Waals surface area contributed by atoms with Gasteiger partial charge in [0, 0.05) is 18.6 Å². The van der Waals surface area contributed by atoms with Crippen molar-refractivity contribution < 1.29 is 9.53 Å². The van der Waals surface area contributed by atoms with E-state index in [0.29, 0.717) is 23.6 Å². The third-order valence-electron chi connectivity index (χ3n) is 2.91. The first-order chi connectivity index (χ1) is 9.70. The number of imidazole rings is 1. The topological polar surface area (TPSA) is 85.7 Å². The lowest BCUT2D eigenvalue weighted by Gasteiger charge is -2.06. The minimum absolute atomic E-state index is 0.230. The summed E-state index contributed by atoms with van der Waals surface area (Å²) in [6.07, 6.45) is 6.72. The normalized spacial score (nSPS) is 10.9. The molecule has 0 saturated carbocycles. The van der Waals surface area contributed by atoms with Gasteiger partial charge in [-0.05, 0) is 19.4 Å². The second-order valence-electron chi connectivity index (χ2n) is 4.26. The highest BCUT2D eigenvalue weighted by Gasteiger charge is 2.19. The average molecular weight is 271 g/mol. The van der Waals surface area contributed by atoms with Crippen LogP contribution >= 0.6 is 0 Å². The van der Waals surface area contributed by atoms with E-state index in [0.717, 1.165) is 5.56 Å². The van der Waals surface area contributed by atoms with Crippen LogP contribution in [0.1, 0.15) is 23.0 Å². The molecule has 0 aliphatic heterocycles. The van der Waals surface area contributed by atoms with E-state index >= 15 is 0 Å². The van der Waals surface area contributed by atoms with Crippen molar-refractivity contribution in [2.45, 2.75) is 13.8 Å². The van der Waals surface area contributed by atoms with E-state index in [2.05, 4.69) is 19.9 Å². The number of aromatic amines is 1. The molecule has 0 aromatic carbocycles. The Morgan fingerprint density at radius 1 is 1.45 bits per heavy atom. The number of nitrogens with zero attached hydrogens (tertiary/aromatic N) is 4. The van der Waals surface area contributed by atoms with Crippen LogP contribution in [0.3, 0.4) is 0 Å². The highest BCUT2D eigenvalue weighted by molar-refractivity contribution is 6.00. The van der Waals surface area contributed by atoms with E-state index in [1.807, 2.05) is 6.92 Å². The number of fused-ring (bicyclic) bond motifs is 1. The molecule has 0 atom stereocenters. The number of hydrogen-bond donors (Lipinski definition) is 1. The molecule has 102 valence electrons. The van der Waals surface area contributed by atoms with Crippen molar-refractivity contribution >= 4 is 17.0 Å². The highest BCUT2D eigenvalue weighted by atomic mass is 16.5. The van der Waals surface area contributed by atoms with Crippen molar-refractivity contribution in [3.8, 4) is 5.95 Å². The van der Waals surface area contributed by atoms with E-state index in [4.69, 9.17) is 4.74 Å². The van der Waals surface area contributed by atoms with Crippen LogP contribution in [0.5, 0.6) is 0 Å². The summed E-state index contributed by atoms with van der Waals surface area (Å²) in [6.45, 7) is 3.97. The maximum atomic E-state index is 12.0. The summed E-state index contributed by atoms with van der Waals surface area (Å²) in [6, 6.07) is 0. The first-order valence-electron chi connectivity index (χ1n) is 6.22. The highest BCUT2D eigenvalue weighted by Crippen LogP contribution is 2.20. The van der Waals surface area contributed by atoms with Crippen molar-refractivity contribution in [1.82, 2.24) is 24.5 Å². The zero-order chi connectivity index (χ0) is 14.1. The third kappa shape index (κ3) is 1.93. The number of hydrogen-bond acceptors (Lipinski definition) is 5. The third-order valence-corrected chi connectivity index (χ3v) is 2.91. The quantitative estimate of drug-likeness (QED) is 0.732. The Kier molecular flexibility index (Phi) is 2.94. The van der Waals surface area contributed by atoms with Crippen molar-refractivity contribution in [2.24, 2.45) is 0 Å². The Morgan fingerprint density at radius 2 is 2.30 bits per heavy atom. The molecule has 0 fully saturated rings. The Labute approximate surface area is 114 Å². The number of aromatic nitrogens is 5. The number of H-pyrrole nitrogens is 1. The molecule has 20 heavy (non-hydrogen) atoms. The molecule has 0 saturated heterocycles. The van der Waals surface area contributed by atoms with Gasteiger partial charge in [0.2, 0.25) is 5.95 Å². The smallest absolute Gasteiger partial charge is 0.359 e. The van der Waals surface area contributed by atoms with Crippen LogP contribution in [0.25, 0.3) is 17.0 Å². The number of aryl methyl sites for hydroxylation is 1. The fourth-order valence-corrected chi connectivity index (χ4v) is 1.96. The van der Waals surface area contributed by atoms with Gasteiger partial charge in [0.15, 0.2) is 5.69 Å². The minimum Gasteiger partial charge on any atom is -0.461 e. The van der Waals surface area contributed by atoms with Gasteiger partial charge in [0.25, 0.3) is 0 Å². The van der Waals surface area contributed by atoms with E-state index in [1.54, 1.807) is 36.4 Å². The summed E-state index contributed by atoms with van der Waals surface area (Å²) in [5.41, 5.74) is 2.46. The van der Waals surface area contributed by atoms with Crippen LogP contribution in [0.4, 0.5) is 0 Å². The molecule has 1 N–H and O–H groups in total. The number of nitrogens with one attached hydrogen (secondary N) is 1. The summed E-state index contributed by atoms with van der Waals surface area (Å²) in [5.74, 6) is -0.0798. The molecule has 7 heteroatoms. The van der Waals surface area contributed by atoms with E-state index in [9.17, 15) is 4.79 Å². The summed E-state index contributed by atoms with van der Waals surface area (Å²) >= 11 is 0. The van der Waals surface area contributed by atoms with E-state index in [-0.39, 0.29) is 5.69 Å². The monoisotopic (exact) mass is 271 g/mol. The van der Waals surface area contributed by atoms with Gasteiger partial charge in [0.05, 0.1) is 17.6 Å². The van der Waals surface area contributed by atoms with Crippen molar-refractivity contribution in [2.75, 3.05) is 6.61 Å². The molecule has 3 aromatic rings. The van der Waals surface area contributed by atoms with Gasteiger partial charge in [-0.3, -0.25) is 4.57 Å². The fourth-order valence-electron chi connectivity index (χ4n) is 1.96. The molecular formula is C13H13N5O2. The Hall–Kier alpha value is -2.70. The van der Waals surface area contributed by atoms with Crippen molar-refractivity contribution in [3.05, 3.63) is 36.2 Å². The lowest BCUT2D eigenvalue weighted by Crippen LogP contribution is -2.11. The largest absolute Gasteiger partial charge is 0.461 e. The van der Waals surface area contributed by atoms with Crippen LogP contribution in [-0.4, -0.2) is 37.1 Å². The predicted molar refractivity (Wildman–Crippen MR) is 71.7 cm³/mol. The molecule has 0 aliphatic carbocycles. The maximum Gasteiger partial charge on any atom is 0.359 e. The summed E-state index contributed by atoms with van der Waals surface area (Å²) < 4.78 is 6.69. The van der Waals surface area contributed by atoms with Gasteiger partial charge in [-0.1, -0.05) is 0 Å². The molecule has 0 bridgehead atoms. The molecule has 3 heterocycles. The Bertz CT molecular complexity index is 761. The molecule has 0 amide bonds. The summed E-state index contributed by atoms with van der Waals surface area (Å²) in [5, 5.41) is 0. The summed E-state index contributed by atoms with van der Waals surface area (Å²) in [7, 11) is 0. The first-order valence-corrected chi connectivity index (χ1v) is 6.22. The average Bonchev–Trinajstić information content (AvgIpc) is 3.08. The molecule has 0 radical (unpaired) electrons. The number of carbonyl (C=O) groups excluding carboxylic acids is 1. The SMILES string of the molecule is CCOC(=O)c1nc(-n2ccnc2)nc2c(C)c[nH]c12. The molecule has 0 spiro atoms. The van der Waals surface area contributed by atoms with Gasteiger partial charge in [-0.25, -0.2) is 19.7 Å². The van der Waals surface area contributed by atoms with Gasteiger partial charge in [-0.2, -0.15) is 0 Å². The molecule has 3 aromatic heterocycles. The van der Waals surface area contributed by atoms with Crippen LogP contribution in [0.2, 0.25) is 0 Å². The van der Waals surface area contributed by atoms with E-state index in [1.165, 1.54) is 0 Å². The molecular weight excluding hydrogens is 258 g/mol. The lowest BCUT2D eigenvalue weighted by molar-refractivity contribution is 0.0521. The van der Waals surface area contributed by atoms with Crippen LogP contribution in [0, 0.1) is 6.92 Å². The Morgan fingerprint density at radius 3 is 3.00 bits per heavy atom. The number of esters is 1. The van der Waals surface area contributed by atoms with Gasteiger partial charge in [-0.15, -0.1) is 0 Å². The molecule has 0 aliphatic rings. The van der Waals surface area contributed by atoms with E-state index < -0.39 is 5.97 Å². The van der Waals surface area contributed by atoms with Crippen LogP contribution in [-0.2, 0) is 4.74 Å². The maximum absolute atomic E-state index is 12.0. The first kappa shape index (κ1) is 12.3. The second kappa shape index (κ2) is 4.76. The minimum atomic E-state index is -0.469.